The van der Waals surface area contributed by atoms with Crippen molar-refractivity contribution in [3.05, 3.63) is 35.4 Å². The van der Waals surface area contributed by atoms with Crippen molar-refractivity contribution in [1.29, 1.82) is 5.26 Å². The Bertz CT molecular complexity index is 761. The third-order valence-electron chi connectivity index (χ3n) is 4.00. The summed E-state index contributed by atoms with van der Waals surface area (Å²) in [6.07, 6.45) is -0.566. The first-order valence-electron chi connectivity index (χ1n) is 8.51. The van der Waals surface area contributed by atoms with E-state index >= 15 is 0 Å². The number of methoxy groups -OCH3 is 1. The number of carbonyl (C=O) groups excluding carboxylic acids is 3. The number of piperazine rings is 1. The van der Waals surface area contributed by atoms with E-state index in [-0.39, 0.29) is 25.5 Å². The number of nitrogens with zero attached hydrogens (tertiary/aromatic N) is 3. The van der Waals surface area contributed by atoms with Gasteiger partial charge in [0.05, 0.1) is 18.7 Å². The number of rotatable bonds is 3. The summed E-state index contributed by atoms with van der Waals surface area (Å²) in [4.78, 5) is 39.9. The Hall–Kier alpha value is -3.08. The standard InChI is InChI=1S/C19H23N3O5/c1-19(2,3)27-18(25)21-9-10-22(15(23)12-21)16(17(24)26-4)14-7-5-13(11-20)6-8-14/h5-8,16H,9-10,12H2,1-4H3. The van der Waals surface area contributed by atoms with Gasteiger partial charge in [-0.05, 0) is 38.5 Å². The molecular weight excluding hydrogens is 350 g/mol. The second-order valence-corrected chi connectivity index (χ2v) is 7.15. The molecule has 8 nitrogen and oxygen atoms in total. The molecule has 0 radical (unpaired) electrons. The Balaban J connectivity index is 2.18. The van der Waals surface area contributed by atoms with E-state index in [0.29, 0.717) is 11.1 Å². The molecule has 1 fully saturated rings. The van der Waals surface area contributed by atoms with Gasteiger partial charge in [-0.3, -0.25) is 9.69 Å². The fourth-order valence-electron chi connectivity index (χ4n) is 2.74. The van der Waals surface area contributed by atoms with Gasteiger partial charge in [-0.25, -0.2) is 9.59 Å². The van der Waals surface area contributed by atoms with Gasteiger partial charge >= 0.3 is 12.1 Å². The van der Waals surface area contributed by atoms with Crippen LogP contribution in [0, 0.1) is 11.3 Å². The van der Waals surface area contributed by atoms with Gasteiger partial charge in [-0.15, -0.1) is 0 Å². The van der Waals surface area contributed by atoms with Crippen molar-refractivity contribution in [3.8, 4) is 6.07 Å². The van der Waals surface area contributed by atoms with Crippen molar-refractivity contribution < 1.29 is 23.9 Å². The third kappa shape index (κ3) is 4.97. The van der Waals surface area contributed by atoms with Crippen molar-refractivity contribution in [2.24, 2.45) is 0 Å². The molecule has 0 saturated carbocycles. The second-order valence-electron chi connectivity index (χ2n) is 7.15. The van der Waals surface area contributed by atoms with Crippen LogP contribution in [-0.4, -0.2) is 60.1 Å². The molecule has 2 amide bonds. The van der Waals surface area contributed by atoms with E-state index in [9.17, 15) is 14.4 Å². The van der Waals surface area contributed by atoms with E-state index in [1.54, 1.807) is 45.0 Å². The fourth-order valence-corrected chi connectivity index (χ4v) is 2.74. The summed E-state index contributed by atoms with van der Waals surface area (Å²) in [5.74, 6) is -0.967. The van der Waals surface area contributed by atoms with Gasteiger partial charge in [-0.2, -0.15) is 5.26 Å². The van der Waals surface area contributed by atoms with Crippen LogP contribution in [0.2, 0.25) is 0 Å². The quantitative estimate of drug-likeness (QED) is 0.750. The van der Waals surface area contributed by atoms with Gasteiger partial charge in [0.25, 0.3) is 0 Å². The molecule has 144 valence electrons. The molecule has 0 aliphatic carbocycles. The average Bonchev–Trinajstić information content (AvgIpc) is 2.62. The van der Waals surface area contributed by atoms with Gasteiger partial charge in [0.15, 0.2) is 6.04 Å². The lowest BCUT2D eigenvalue weighted by atomic mass is 10.0. The van der Waals surface area contributed by atoms with Gasteiger partial charge in [-0.1, -0.05) is 12.1 Å². The number of carbonyl (C=O) groups is 3. The first-order chi connectivity index (χ1) is 12.7. The number of amides is 2. The zero-order valence-corrected chi connectivity index (χ0v) is 15.9. The van der Waals surface area contributed by atoms with E-state index in [0.717, 1.165) is 0 Å². The van der Waals surface area contributed by atoms with Crippen LogP contribution < -0.4 is 0 Å². The first kappa shape index (κ1) is 20.2. The van der Waals surface area contributed by atoms with Crippen molar-refractivity contribution in [2.75, 3.05) is 26.7 Å². The van der Waals surface area contributed by atoms with Gasteiger partial charge in [0.1, 0.15) is 12.1 Å². The molecule has 8 heteroatoms. The van der Waals surface area contributed by atoms with Crippen molar-refractivity contribution in [3.63, 3.8) is 0 Å². The first-order valence-corrected chi connectivity index (χ1v) is 8.51. The molecule has 0 spiro atoms. The molecule has 0 bridgehead atoms. The highest BCUT2D eigenvalue weighted by atomic mass is 16.6. The van der Waals surface area contributed by atoms with E-state index in [1.165, 1.54) is 16.9 Å². The van der Waals surface area contributed by atoms with E-state index in [4.69, 9.17) is 14.7 Å². The predicted molar refractivity (Wildman–Crippen MR) is 95.4 cm³/mol. The van der Waals surface area contributed by atoms with Crippen LogP contribution in [-0.2, 0) is 19.1 Å². The van der Waals surface area contributed by atoms with Gasteiger partial charge < -0.3 is 14.4 Å². The summed E-state index contributed by atoms with van der Waals surface area (Å²) in [5.41, 5.74) is 0.331. The molecule has 1 heterocycles. The Labute approximate surface area is 158 Å². The normalized spacial score (nSPS) is 15.7. The molecule has 1 aliphatic rings. The molecule has 1 atom stereocenters. The Kier molecular flexibility index (Phi) is 6.05. The van der Waals surface area contributed by atoms with Crippen LogP contribution in [0.4, 0.5) is 4.79 Å². The molecule has 0 N–H and O–H groups in total. The molecule has 2 rings (SSSR count). The topological polar surface area (TPSA) is 99.9 Å². The maximum absolute atomic E-state index is 12.6. The zero-order chi connectivity index (χ0) is 20.2. The SMILES string of the molecule is COC(=O)C(c1ccc(C#N)cc1)N1CCN(C(=O)OC(C)(C)C)CC1=O. The van der Waals surface area contributed by atoms with Crippen LogP contribution in [0.25, 0.3) is 0 Å². The number of nitriles is 1. The van der Waals surface area contributed by atoms with Crippen molar-refractivity contribution in [1.82, 2.24) is 9.80 Å². The van der Waals surface area contributed by atoms with Crippen molar-refractivity contribution >= 4 is 18.0 Å². The van der Waals surface area contributed by atoms with E-state index < -0.39 is 23.7 Å². The molecule has 1 unspecified atom stereocenters. The lowest BCUT2D eigenvalue weighted by Crippen LogP contribution is -2.55. The summed E-state index contributed by atoms with van der Waals surface area (Å²) in [6, 6.07) is 7.46. The summed E-state index contributed by atoms with van der Waals surface area (Å²) in [5, 5.41) is 8.92. The van der Waals surface area contributed by atoms with Crippen molar-refractivity contribution in [2.45, 2.75) is 32.4 Å². The number of benzene rings is 1. The van der Waals surface area contributed by atoms with Crippen LogP contribution >= 0.6 is 0 Å². The molecule has 0 aromatic heterocycles. The summed E-state index contributed by atoms with van der Waals surface area (Å²) >= 11 is 0. The summed E-state index contributed by atoms with van der Waals surface area (Å²) in [6.45, 7) is 5.48. The summed E-state index contributed by atoms with van der Waals surface area (Å²) < 4.78 is 10.2. The maximum Gasteiger partial charge on any atom is 0.410 e. The molecule has 1 aromatic rings. The van der Waals surface area contributed by atoms with Crippen LogP contribution in [0.1, 0.15) is 37.9 Å². The fraction of sp³-hybridized carbons (Fsp3) is 0.474. The zero-order valence-electron chi connectivity index (χ0n) is 15.9. The molecule has 1 aromatic carbocycles. The summed E-state index contributed by atoms with van der Waals surface area (Å²) in [7, 11) is 1.25. The average molecular weight is 373 g/mol. The second kappa shape index (κ2) is 8.08. The van der Waals surface area contributed by atoms with Gasteiger partial charge in [0, 0.05) is 13.1 Å². The minimum Gasteiger partial charge on any atom is -0.467 e. The highest BCUT2D eigenvalue weighted by Crippen LogP contribution is 2.25. The highest BCUT2D eigenvalue weighted by Gasteiger charge is 2.37. The molecule has 1 aliphatic heterocycles. The van der Waals surface area contributed by atoms with Crippen LogP contribution in [0.5, 0.6) is 0 Å². The smallest absolute Gasteiger partial charge is 0.410 e. The largest absolute Gasteiger partial charge is 0.467 e. The minimum absolute atomic E-state index is 0.165. The maximum atomic E-state index is 12.6. The van der Waals surface area contributed by atoms with Crippen LogP contribution in [0.3, 0.4) is 0 Å². The number of ether oxygens (including phenoxy) is 2. The minimum atomic E-state index is -0.934. The number of hydrogen-bond acceptors (Lipinski definition) is 6. The van der Waals surface area contributed by atoms with E-state index in [2.05, 4.69) is 0 Å². The number of esters is 1. The monoisotopic (exact) mass is 373 g/mol. The molecular formula is C19H23N3O5. The Morgan fingerprint density at radius 2 is 1.81 bits per heavy atom. The Morgan fingerprint density at radius 1 is 1.19 bits per heavy atom. The van der Waals surface area contributed by atoms with Gasteiger partial charge in [0.2, 0.25) is 5.91 Å². The Morgan fingerprint density at radius 3 is 2.30 bits per heavy atom. The third-order valence-corrected chi connectivity index (χ3v) is 4.00. The number of hydrogen-bond donors (Lipinski definition) is 0. The lowest BCUT2D eigenvalue weighted by molar-refractivity contribution is -0.155. The van der Waals surface area contributed by atoms with E-state index in [1.807, 2.05) is 6.07 Å². The highest BCUT2D eigenvalue weighted by molar-refractivity contribution is 5.89. The lowest BCUT2D eigenvalue weighted by Gasteiger charge is -2.38. The molecule has 27 heavy (non-hydrogen) atoms. The molecule has 1 saturated heterocycles. The van der Waals surface area contributed by atoms with Crippen LogP contribution in [0.15, 0.2) is 24.3 Å². The predicted octanol–water partition coefficient (Wildman–Crippen LogP) is 1.85.